The maximum Gasteiger partial charge on any atom is 0.123 e. The Labute approximate surface area is 150 Å². The van der Waals surface area contributed by atoms with Gasteiger partial charge in [0.05, 0.1) is 12.7 Å². The normalized spacial score (nSPS) is 32.0. The van der Waals surface area contributed by atoms with Gasteiger partial charge in [-0.3, -0.25) is 9.80 Å². The summed E-state index contributed by atoms with van der Waals surface area (Å²) in [6.07, 6.45) is 1.57. The molecule has 0 spiro atoms. The van der Waals surface area contributed by atoms with Crippen molar-refractivity contribution in [3.8, 4) is 0 Å². The molecule has 0 unspecified atom stereocenters. The largest absolute Gasteiger partial charge is 0.376 e. The van der Waals surface area contributed by atoms with Crippen molar-refractivity contribution in [3.05, 3.63) is 35.6 Å². The molecule has 3 saturated heterocycles. The van der Waals surface area contributed by atoms with Crippen molar-refractivity contribution >= 4 is 0 Å². The van der Waals surface area contributed by atoms with Crippen LogP contribution in [-0.2, 0) is 11.3 Å². The summed E-state index contributed by atoms with van der Waals surface area (Å²) >= 11 is 0. The maximum absolute atomic E-state index is 13.4. The summed E-state index contributed by atoms with van der Waals surface area (Å²) in [7, 11) is 2.20. The molecule has 0 aliphatic carbocycles. The number of nitrogens with zero attached hydrogens (tertiary/aromatic N) is 3. The molecule has 5 heteroatoms. The highest BCUT2D eigenvalue weighted by atomic mass is 19.1. The third-order valence-electron chi connectivity index (χ3n) is 6.22. The zero-order chi connectivity index (χ0) is 17.2. The van der Waals surface area contributed by atoms with Crippen molar-refractivity contribution in [3.63, 3.8) is 0 Å². The standard InChI is InChI=1S/C20H30FN3O/c1-22-7-9-23(10-8-22)14-20-19-13-24(6-5-17(19)15-25-20)12-16-3-2-4-18(21)11-16/h2-4,11,17,19-20H,5-10,12-15H2,1H3/t17-,19-,20+/m1/s1. The number of hydrogen-bond acceptors (Lipinski definition) is 4. The van der Waals surface area contributed by atoms with Gasteiger partial charge in [0.15, 0.2) is 0 Å². The van der Waals surface area contributed by atoms with Crippen LogP contribution in [0.2, 0.25) is 0 Å². The minimum Gasteiger partial charge on any atom is -0.376 e. The lowest BCUT2D eigenvalue weighted by molar-refractivity contribution is 0.0297. The third-order valence-corrected chi connectivity index (χ3v) is 6.22. The Kier molecular flexibility index (Phi) is 5.36. The average molecular weight is 347 g/mol. The molecule has 4 nitrogen and oxygen atoms in total. The van der Waals surface area contributed by atoms with Gasteiger partial charge in [0.1, 0.15) is 5.82 Å². The summed E-state index contributed by atoms with van der Waals surface area (Å²) in [6.45, 7) is 9.66. The Morgan fingerprint density at radius 2 is 1.96 bits per heavy atom. The molecule has 3 atom stereocenters. The first kappa shape index (κ1) is 17.4. The first-order valence-electron chi connectivity index (χ1n) is 9.66. The van der Waals surface area contributed by atoms with E-state index in [9.17, 15) is 4.39 Å². The molecule has 1 aromatic rings. The van der Waals surface area contributed by atoms with E-state index >= 15 is 0 Å². The minimum absolute atomic E-state index is 0.135. The van der Waals surface area contributed by atoms with Crippen molar-refractivity contribution in [1.82, 2.24) is 14.7 Å². The van der Waals surface area contributed by atoms with Crippen molar-refractivity contribution in [2.45, 2.75) is 19.1 Å². The Hall–Kier alpha value is -1.01. The van der Waals surface area contributed by atoms with E-state index < -0.39 is 0 Å². The van der Waals surface area contributed by atoms with Gasteiger partial charge in [-0.15, -0.1) is 0 Å². The summed E-state index contributed by atoms with van der Waals surface area (Å²) in [5, 5.41) is 0. The van der Waals surface area contributed by atoms with Crippen LogP contribution in [0.15, 0.2) is 24.3 Å². The number of halogens is 1. The average Bonchev–Trinajstić information content (AvgIpc) is 2.99. The number of likely N-dealkylation sites (tertiary alicyclic amines) is 1. The molecule has 0 radical (unpaired) electrons. The van der Waals surface area contributed by atoms with Gasteiger partial charge in [-0.05, 0) is 43.6 Å². The van der Waals surface area contributed by atoms with Crippen LogP contribution >= 0.6 is 0 Å². The van der Waals surface area contributed by atoms with Gasteiger partial charge < -0.3 is 9.64 Å². The van der Waals surface area contributed by atoms with Crippen LogP contribution in [0.1, 0.15) is 12.0 Å². The van der Waals surface area contributed by atoms with Crippen molar-refractivity contribution in [2.75, 3.05) is 59.5 Å². The van der Waals surface area contributed by atoms with Gasteiger partial charge in [-0.25, -0.2) is 4.39 Å². The van der Waals surface area contributed by atoms with Crippen LogP contribution in [0.5, 0.6) is 0 Å². The van der Waals surface area contributed by atoms with E-state index in [2.05, 4.69) is 21.7 Å². The zero-order valence-corrected chi connectivity index (χ0v) is 15.2. The van der Waals surface area contributed by atoms with E-state index in [1.54, 1.807) is 6.07 Å². The van der Waals surface area contributed by atoms with Crippen molar-refractivity contribution < 1.29 is 9.13 Å². The van der Waals surface area contributed by atoms with Gasteiger partial charge in [-0.1, -0.05) is 12.1 Å². The Morgan fingerprint density at radius 3 is 2.76 bits per heavy atom. The van der Waals surface area contributed by atoms with Gasteiger partial charge >= 0.3 is 0 Å². The fourth-order valence-electron chi connectivity index (χ4n) is 4.61. The molecule has 3 aliphatic rings. The summed E-state index contributed by atoms with van der Waals surface area (Å²) in [5.41, 5.74) is 1.08. The molecule has 4 rings (SSSR count). The highest BCUT2D eigenvalue weighted by Gasteiger charge is 2.41. The van der Waals surface area contributed by atoms with Gasteiger partial charge in [0.25, 0.3) is 0 Å². The molecule has 0 amide bonds. The molecule has 138 valence electrons. The number of rotatable bonds is 4. The summed E-state index contributed by atoms with van der Waals surface area (Å²) < 4.78 is 19.6. The minimum atomic E-state index is -0.135. The zero-order valence-electron chi connectivity index (χ0n) is 15.2. The van der Waals surface area contributed by atoms with Gasteiger partial charge in [0, 0.05) is 51.7 Å². The van der Waals surface area contributed by atoms with E-state index in [0.717, 1.165) is 64.5 Å². The van der Waals surface area contributed by atoms with Crippen LogP contribution in [0.25, 0.3) is 0 Å². The van der Waals surface area contributed by atoms with Crippen molar-refractivity contribution in [1.29, 1.82) is 0 Å². The predicted molar refractivity (Wildman–Crippen MR) is 97.0 cm³/mol. The second kappa shape index (κ2) is 7.70. The number of piperazine rings is 1. The lowest BCUT2D eigenvalue weighted by Crippen LogP contribution is -2.49. The topological polar surface area (TPSA) is 19.0 Å². The van der Waals surface area contributed by atoms with Gasteiger partial charge in [0.2, 0.25) is 0 Å². The fraction of sp³-hybridized carbons (Fsp3) is 0.700. The molecule has 0 N–H and O–H groups in total. The van der Waals surface area contributed by atoms with E-state index in [4.69, 9.17) is 4.74 Å². The SMILES string of the molecule is CN1CCN(C[C@@H]2OC[C@H]3CCN(Cc4cccc(F)c4)C[C@H]32)CC1. The quantitative estimate of drug-likeness (QED) is 0.828. The lowest BCUT2D eigenvalue weighted by Gasteiger charge is -2.38. The monoisotopic (exact) mass is 347 g/mol. The number of fused-ring (bicyclic) bond motifs is 1. The third kappa shape index (κ3) is 4.22. The van der Waals surface area contributed by atoms with Crippen LogP contribution < -0.4 is 0 Å². The van der Waals surface area contributed by atoms with Crippen LogP contribution in [0.4, 0.5) is 4.39 Å². The maximum atomic E-state index is 13.4. The molecular weight excluding hydrogens is 317 g/mol. The number of benzene rings is 1. The van der Waals surface area contributed by atoms with E-state index in [1.165, 1.54) is 12.5 Å². The first-order valence-corrected chi connectivity index (χ1v) is 9.66. The predicted octanol–water partition coefficient (Wildman–Crippen LogP) is 1.91. The highest BCUT2D eigenvalue weighted by molar-refractivity contribution is 5.16. The second-order valence-corrected chi connectivity index (χ2v) is 8.05. The van der Waals surface area contributed by atoms with E-state index in [0.29, 0.717) is 17.9 Å². The molecule has 3 fully saturated rings. The Bertz CT molecular complexity index is 576. The van der Waals surface area contributed by atoms with Crippen LogP contribution in [-0.4, -0.2) is 80.3 Å². The number of ether oxygens (including phenoxy) is 1. The number of piperidine rings is 1. The molecule has 25 heavy (non-hydrogen) atoms. The molecule has 3 heterocycles. The van der Waals surface area contributed by atoms with Crippen LogP contribution in [0.3, 0.4) is 0 Å². The molecule has 0 aromatic heterocycles. The summed E-state index contributed by atoms with van der Waals surface area (Å²) in [5.74, 6) is 1.20. The summed E-state index contributed by atoms with van der Waals surface area (Å²) in [6, 6.07) is 7.03. The van der Waals surface area contributed by atoms with Crippen LogP contribution in [0, 0.1) is 17.7 Å². The molecule has 0 bridgehead atoms. The van der Waals surface area contributed by atoms with E-state index in [-0.39, 0.29) is 5.82 Å². The molecule has 3 aliphatic heterocycles. The number of hydrogen-bond donors (Lipinski definition) is 0. The molecular formula is C20H30FN3O. The summed E-state index contributed by atoms with van der Waals surface area (Å²) in [4.78, 5) is 7.45. The highest BCUT2D eigenvalue weighted by Crippen LogP contribution is 2.35. The number of likely N-dealkylation sites (N-methyl/N-ethyl adjacent to an activating group) is 1. The molecule has 1 aromatic carbocycles. The first-order chi connectivity index (χ1) is 12.2. The van der Waals surface area contributed by atoms with Crippen molar-refractivity contribution in [2.24, 2.45) is 11.8 Å². The Morgan fingerprint density at radius 1 is 1.12 bits per heavy atom. The fourth-order valence-corrected chi connectivity index (χ4v) is 4.61. The lowest BCUT2D eigenvalue weighted by atomic mass is 9.84. The second-order valence-electron chi connectivity index (χ2n) is 8.05. The molecule has 0 saturated carbocycles. The Balaban J connectivity index is 1.34. The van der Waals surface area contributed by atoms with Gasteiger partial charge in [-0.2, -0.15) is 0 Å². The van der Waals surface area contributed by atoms with E-state index in [1.807, 2.05) is 12.1 Å². The smallest absolute Gasteiger partial charge is 0.123 e.